The standard InChI is InChI=1S/C29H48O4Si/c1-7-8-9-20(18-32-34(5)6)23-10-11-24-27-25(13-15-29(23,24)4)28(3)14-12-22(33-19(2)30)16-21(28)17-26(27)31/h17,20,22-25,27,34H,7-16,18H2,1-6H3/t20-,22?,23+,24-,25-,27-,28-,29+/m0/s1. The fourth-order valence-corrected chi connectivity index (χ4v) is 9.33. The van der Waals surface area contributed by atoms with Gasteiger partial charge < -0.3 is 9.16 Å². The predicted molar refractivity (Wildman–Crippen MR) is 139 cm³/mol. The Labute approximate surface area is 209 Å². The van der Waals surface area contributed by atoms with E-state index in [0.717, 1.165) is 32.3 Å². The summed E-state index contributed by atoms with van der Waals surface area (Å²) in [6.45, 7) is 14.2. The lowest BCUT2D eigenvalue weighted by Crippen LogP contribution is -2.54. The lowest BCUT2D eigenvalue weighted by molar-refractivity contribution is -0.149. The smallest absolute Gasteiger partial charge is 0.302 e. The minimum atomic E-state index is -1.03. The Morgan fingerprint density at radius 1 is 1.15 bits per heavy atom. The normalized spacial score (nSPS) is 40.3. The van der Waals surface area contributed by atoms with Crippen molar-refractivity contribution in [3.63, 3.8) is 0 Å². The van der Waals surface area contributed by atoms with Gasteiger partial charge in [0.15, 0.2) is 14.8 Å². The molecule has 3 saturated carbocycles. The minimum Gasteiger partial charge on any atom is -0.462 e. The SMILES string of the molecule is CCCC[C@@H](CO[SiH](C)C)[C@H]1CC[C@H]2[C@@H]3C(=O)C=C4CC(OC(C)=O)CC[C@]4(C)[C@H]3CC[C@]12C. The second-order valence-corrected chi connectivity index (χ2v) is 15.1. The third-order valence-electron chi connectivity index (χ3n) is 10.4. The van der Waals surface area contributed by atoms with Crippen LogP contribution in [0.25, 0.3) is 0 Å². The Hall–Kier alpha value is -0.943. The molecule has 0 N–H and O–H groups in total. The van der Waals surface area contributed by atoms with Crippen LogP contribution in [0.3, 0.4) is 0 Å². The molecule has 0 bridgehead atoms. The molecule has 0 aromatic rings. The van der Waals surface area contributed by atoms with Gasteiger partial charge >= 0.3 is 5.97 Å². The highest BCUT2D eigenvalue weighted by atomic mass is 28.3. The van der Waals surface area contributed by atoms with Gasteiger partial charge in [-0.3, -0.25) is 9.59 Å². The number of fused-ring (bicyclic) bond motifs is 5. The van der Waals surface area contributed by atoms with Crippen molar-refractivity contribution in [1.29, 1.82) is 0 Å². The molecule has 1 unspecified atom stereocenters. The number of carbonyl (C=O) groups is 2. The van der Waals surface area contributed by atoms with Crippen LogP contribution in [-0.2, 0) is 18.8 Å². The van der Waals surface area contributed by atoms with Crippen molar-refractivity contribution in [2.24, 2.45) is 40.4 Å². The largest absolute Gasteiger partial charge is 0.462 e. The van der Waals surface area contributed by atoms with E-state index in [1.54, 1.807) is 0 Å². The summed E-state index contributed by atoms with van der Waals surface area (Å²) in [5.41, 5.74) is 1.60. The highest BCUT2D eigenvalue weighted by Gasteiger charge is 2.61. The molecule has 0 spiro atoms. The van der Waals surface area contributed by atoms with Crippen molar-refractivity contribution in [2.75, 3.05) is 6.61 Å². The molecule has 0 aromatic carbocycles. The summed E-state index contributed by atoms with van der Waals surface area (Å²) >= 11 is 0. The van der Waals surface area contributed by atoms with Gasteiger partial charge in [0.25, 0.3) is 0 Å². The summed E-state index contributed by atoms with van der Waals surface area (Å²) in [6.07, 6.45) is 13.3. The molecule has 5 heteroatoms. The maximum atomic E-state index is 13.7. The third kappa shape index (κ3) is 4.73. The summed E-state index contributed by atoms with van der Waals surface area (Å²) in [4.78, 5) is 25.2. The first-order valence-electron chi connectivity index (χ1n) is 14.1. The van der Waals surface area contributed by atoms with Crippen molar-refractivity contribution in [1.82, 2.24) is 0 Å². The van der Waals surface area contributed by atoms with E-state index in [4.69, 9.17) is 9.16 Å². The molecule has 0 saturated heterocycles. The van der Waals surface area contributed by atoms with Crippen LogP contribution < -0.4 is 0 Å². The zero-order chi connectivity index (χ0) is 24.7. The van der Waals surface area contributed by atoms with Crippen LogP contribution in [-0.4, -0.2) is 33.5 Å². The van der Waals surface area contributed by atoms with E-state index in [2.05, 4.69) is 33.9 Å². The molecular formula is C29H48O4Si. The Bertz CT molecular complexity index is 806. The van der Waals surface area contributed by atoms with E-state index in [0.29, 0.717) is 29.5 Å². The number of ether oxygens (including phenoxy) is 1. The van der Waals surface area contributed by atoms with Gasteiger partial charge in [-0.25, -0.2) is 0 Å². The predicted octanol–water partition coefficient (Wildman–Crippen LogP) is 6.48. The molecule has 4 rings (SSSR count). The van der Waals surface area contributed by atoms with Crippen LogP contribution in [0, 0.1) is 40.4 Å². The minimum absolute atomic E-state index is 0.0604. The van der Waals surface area contributed by atoms with Gasteiger partial charge in [-0.1, -0.05) is 39.2 Å². The Balaban J connectivity index is 1.57. The summed E-state index contributed by atoms with van der Waals surface area (Å²) in [6, 6.07) is 0. The van der Waals surface area contributed by atoms with Crippen molar-refractivity contribution in [3.8, 4) is 0 Å². The molecule has 0 aliphatic heterocycles. The van der Waals surface area contributed by atoms with Gasteiger partial charge in [-0.05, 0) is 98.6 Å². The second-order valence-electron chi connectivity index (χ2n) is 12.7. The first-order valence-corrected chi connectivity index (χ1v) is 16.9. The maximum absolute atomic E-state index is 13.7. The number of hydrogen-bond donors (Lipinski definition) is 0. The first kappa shape index (κ1) is 26.1. The van der Waals surface area contributed by atoms with Crippen LogP contribution in [0.1, 0.15) is 91.9 Å². The van der Waals surface area contributed by atoms with Gasteiger partial charge in [0.2, 0.25) is 0 Å². The number of hydrogen-bond acceptors (Lipinski definition) is 4. The summed E-state index contributed by atoms with van der Waals surface area (Å²) in [5.74, 6) is 2.61. The van der Waals surface area contributed by atoms with Gasteiger partial charge in [0, 0.05) is 25.9 Å². The summed E-state index contributed by atoms with van der Waals surface area (Å²) in [5, 5.41) is 0. The summed E-state index contributed by atoms with van der Waals surface area (Å²) in [7, 11) is -1.03. The van der Waals surface area contributed by atoms with E-state index in [9.17, 15) is 9.59 Å². The van der Waals surface area contributed by atoms with Gasteiger partial charge in [-0.15, -0.1) is 0 Å². The Morgan fingerprint density at radius 2 is 1.91 bits per heavy atom. The van der Waals surface area contributed by atoms with Crippen LogP contribution in [0.15, 0.2) is 11.6 Å². The van der Waals surface area contributed by atoms with E-state index >= 15 is 0 Å². The van der Waals surface area contributed by atoms with E-state index < -0.39 is 9.04 Å². The number of ketones is 1. The van der Waals surface area contributed by atoms with Crippen molar-refractivity contribution < 1.29 is 18.8 Å². The Kier molecular flexibility index (Phi) is 7.84. The van der Waals surface area contributed by atoms with E-state index in [1.807, 2.05) is 6.08 Å². The highest BCUT2D eigenvalue weighted by Crippen LogP contribution is 2.66. The number of carbonyl (C=O) groups excluding carboxylic acids is 2. The average molecular weight is 489 g/mol. The number of allylic oxidation sites excluding steroid dienone is 1. The molecule has 8 atom stereocenters. The van der Waals surface area contributed by atoms with Crippen molar-refractivity contribution >= 4 is 20.8 Å². The lowest BCUT2D eigenvalue weighted by atomic mass is 9.46. The van der Waals surface area contributed by atoms with Gasteiger partial charge in [-0.2, -0.15) is 0 Å². The molecule has 0 aromatic heterocycles. The van der Waals surface area contributed by atoms with E-state index in [1.165, 1.54) is 51.0 Å². The summed E-state index contributed by atoms with van der Waals surface area (Å²) < 4.78 is 11.9. The van der Waals surface area contributed by atoms with Crippen LogP contribution in [0.5, 0.6) is 0 Å². The van der Waals surface area contributed by atoms with Gasteiger partial charge in [0.1, 0.15) is 6.10 Å². The maximum Gasteiger partial charge on any atom is 0.302 e. The molecule has 4 aliphatic rings. The topological polar surface area (TPSA) is 52.6 Å². The fourth-order valence-electron chi connectivity index (χ4n) is 8.70. The molecular weight excluding hydrogens is 440 g/mol. The fraction of sp³-hybridized carbons (Fsp3) is 0.862. The lowest BCUT2D eigenvalue weighted by Gasteiger charge is -2.57. The zero-order valence-electron chi connectivity index (χ0n) is 22.5. The quantitative estimate of drug-likeness (QED) is 0.290. The van der Waals surface area contributed by atoms with E-state index in [-0.39, 0.29) is 28.8 Å². The number of rotatable bonds is 8. The van der Waals surface area contributed by atoms with Gasteiger partial charge in [0.05, 0.1) is 0 Å². The van der Waals surface area contributed by atoms with Crippen molar-refractivity contribution in [3.05, 3.63) is 11.6 Å². The monoisotopic (exact) mass is 488 g/mol. The zero-order valence-corrected chi connectivity index (χ0v) is 23.7. The molecule has 4 aliphatic carbocycles. The second kappa shape index (κ2) is 10.2. The molecule has 34 heavy (non-hydrogen) atoms. The molecule has 4 nitrogen and oxygen atoms in total. The number of esters is 1. The van der Waals surface area contributed by atoms with Crippen molar-refractivity contribution in [2.45, 2.75) is 111 Å². The number of unbranched alkanes of at least 4 members (excludes halogenated alkanes) is 1. The molecule has 192 valence electrons. The third-order valence-corrected chi connectivity index (χ3v) is 11.3. The molecule has 0 radical (unpaired) electrons. The molecule has 3 fully saturated rings. The Morgan fingerprint density at radius 3 is 2.59 bits per heavy atom. The molecule has 0 heterocycles. The first-order chi connectivity index (χ1) is 16.1. The van der Waals surface area contributed by atoms with Crippen LogP contribution >= 0.6 is 0 Å². The molecule has 0 amide bonds. The average Bonchev–Trinajstić information content (AvgIpc) is 3.11. The van der Waals surface area contributed by atoms with Crippen LogP contribution in [0.4, 0.5) is 0 Å². The van der Waals surface area contributed by atoms with Crippen LogP contribution in [0.2, 0.25) is 13.1 Å². The highest BCUT2D eigenvalue weighted by molar-refractivity contribution is 6.48.